The molecule has 0 N–H and O–H groups in total. The van der Waals surface area contributed by atoms with Gasteiger partial charge in [0.2, 0.25) is 12.7 Å². The van der Waals surface area contributed by atoms with Crippen LogP contribution < -0.4 is 14.4 Å². The van der Waals surface area contributed by atoms with Crippen LogP contribution >= 0.6 is 0 Å². The van der Waals surface area contributed by atoms with Crippen LogP contribution in [0.1, 0.15) is 24.0 Å². The van der Waals surface area contributed by atoms with Crippen molar-refractivity contribution in [3.63, 3.8) is 0 Å². The van der Waals surface area contributed by atoms with Gasteiger partial charge in [0.25, 0.3) is 0 Å². The lowest BCUT2D eigenvalue weighted by atomic mass is 10.1. The normalized spacial score (nSPS) is 19.9. The Hall–Kier alpha value is -2.57. The van der Waals surface area contributed by atoms with E-state index < -0.39 is 0 Å². The first-order valence-electron chi connectivity index (χ1n) is 10.5. The fourth-order valence-corrected chi connectivity index (χ4v) is 4.43. The minimum Gasteiger partial charge on any atom is -0.454 e. The first-order valence-corrected chi connectivity index (χ1v) is 10.5. The van der Waals surface area contributed by atoms with Gasteiger partial charge in [-0.15, -0.1) is 0 Å². The molecule has 2 aromatic carbocycles. The molecule has 2 aromatic rings. The molecule has 0 saturated carbocycles. The number of fused-ring (bicyclic) bond motifs is 2. The molecule has 152 valence electrons. The van der Waals surface area contributed by atoms with Crippen LogP contribution in [0.4, 0.5) is 5.69 Å². The summed E-state index contributed by atoms with van der Waals surface area (Å²) in [4.78, 5) is 19.6. The van der Waals surface area contributed by atoms with Crippen molar-refractivity contribution in [3.8, 4) is 11.5 Å². The Morgan fingerprint density at radius 1 is 0.862 bits per heavy atom. The van der Waals surface area contributed by atoms with Crippen molar-refractivity contribution >= 4 is 11.6 Å². The topological polar surface area (TPSA) is 45.3 Å². The van der Waals surface area contributed by atoms with Gasteiger partial charge in [0.05, 0.1) is 6.67 Å². The molecule has 1 fully saturated rings. The van der Waals surface area contributed by atoms with Crippen molar-refractivity contribution < 1.29 is 14.3 Å². The van der Waals surface area contributed by atoms with Crippen LogP contribution in [0, 0.1) is 0 Å². The number of anilines is 1. The number of benzene rings is 2. The number of hydrogen-bond donors (Lipinski definition) is 0. The predicted molar refractivity (Wildman–Crippen MR) is 111 cm³/mol. The molecule has 29 heavy (non-hydrogen) atoms. The van der Waals surface area contributed by atoms with Crippen molar-refractivity contribution in [1.29, 1.82) is 0 Å². The van der Waals surface area contributed by atoms with Gasteiger partial charge in [-0.2, -0.15) is 0 Å². The lowest BCUT2D eigenvalue weighted by Crippen LogP contribution is -2.50. The average Bonchev–Trinajstić information content (AvgIpc) is 3.15. The fourth-order valence-electron chi connectivity index (χ4n) is 4.43. The average molecular weight is 393 g/mol. The van der Waals surface area contributed by atoms with Crippen LogP contribution in [-0.4, -0.2) is 55.3 Å². The first-order chi connectivity index (χ1) is 14.3. The van der Waals surface area contributed by atoms with Gasteiger partial charge in [0.15, 0.2) is 11.5 Å². The third-order valence-electron chi connectivity index (χ3n) is 6.07. The number of ether oxygens (including phenoxy) is 2. The van der Waals surface area contributed by atoms with Crippen LogP contribution in [-0.2, 0) is 17.8 Å². The molecule has 0 radical (unpaired) electrons. The lowest BCUT2D eigenvalue weighted by Gasteiger charge is -2.37. The monoisotopic (exact) mass is 393 g/mol. The maximum atomic E-state index is 12.7. The summed E-state index contributed by atoms with van der Waals surface area (Å²) in [6, 6.07) is 14.6. The molecule has 3 aliphatic heterocycles. The molecule has 1 amide bonds. The highest BCUT2D eigenvalue weighted by Crippen LogP contribution is 2.33. The Balaban J connectivity index is 1.19. The zero-order valence-electron chi connectivity index (χ0n) is 16.7. The minimum absolute atomic E-state index is 0.248. The molecular weight excluding hydrogens is 366 g/mol. The molecule has 3 heterocycles. The van der Waals surface area contributed by atoms with E-state index in [1.807, 2.05) is 17.0 Å². The molecule has 0 aliphatic carbocycles. The molecule has 0 bridgehead atoms. The Morgan fingerprint density at radius 3 is 2.55 bits per heavy atom. The van der Waals surface area contributed by atoms with Gasteiger partial charge in [-0.25, -0.2) is 0 Å². The van der Waals surface area contributed by atoms with E-state index in [1.54, 1.807) is 0 Å². The first kappa shape index (κ1) is 18.5. The second-order valence-corrected chi connectivity index (χ2v) is 8.03. The molecule has 6 nitrogen and oxygen atoms in total. The van der Waals surface area contributed by atoms with Gasteiger partial charge in [-0.1, -0.05) is 24.3 Å². The number of carbonyl (C=O) groups is 1. The number of nitrogens with zero attached hydrogens (tertiary/aromatic N) is 3. The highest BCUT2D eigenvalue weighted by Gasteiger charge is 2.26. The molecule has 1 saturated heterocycles. The van der Waals surface area contributed by atoms with E-state index in [1.165, 1.54) is 11.1 Å². The van der Waals surface area contributed by atoms with E-state index in [2.05, 4.69) is 40.1 Å². The van der Waals surface area contributed by atoms with E-state index in [0.717, 1.165) is 62.8 Å². The number of rotatable bonds is 4. The Kier molecular flexibility index (Phi) is 5.12. The molecule has 0 atom stereocenters. The number of hydrogen-bond acceptors (Lipinski definition) is 5. The van der Waals surface area contributed by atoms with Gasteiger partial charge in [-0.05, 0) is 42.2 Å². The number of carbonyl (C=O) groups excluding carboxylic acids is 1. The van der Waals surface area contributed by atoms with Crippen LogP contribution in [0.2, 0.25) is 0 Å². The van der Waals surface area contributed by atoms with Gasteiger partial charge in [0, 0.05) is 44.8 Å². The van der Waals surface area contributed by atoms with E-state index in [-0.39, 0.29) is 5.91 Å². The van der Waals surface area contributed by atoms with Gasteiger partial charge < -0.3 is 9.47 Å². The highest BCUT2D eigenvalue weighted by molar-refractivity contribution is 5.94. The summed E-state index contributed by atoms with van der Waals surface area (Å²) < 4.78 is 10.9. The Morgan fingerprint density at radius 2 is 1.66 bits per heavy atom. The molecule has 0 unspecified atom stereocenters. The molecule has 3 aliphatic rings. The zero-order valence-corrected chi connectivity index (χ0v) is 16.7. The SMILES string of the molecule is O=C1CCCc2ccccc2N1CN1CCN(Cc2ccc3c(c2)OCO3)CC1. The fraction of sp³-hybridized carbons (Fsp3) is 0.435. The summed E-state index contributed by atoms with van der Waals surface area (Å²) in [5.74, 6) is 1.93. The third kappa shape index (κ3) is 3.95. The Labute approximate surface area is 171 Å². The van der Waals surface area contributed by atoms with Crippen LogP contribution in [0.25, 0.3) is 0 Å². The van der Waals surface area contributed by atoms with Gasteiger partial charge in [-0.3, -0.25) is 19.5 Å². The molecule has 0 spiro atoms. The predicted octanol–water partition coefficient (Wildman–Crippen LogP) is 2.86. The molecule has 5 rings (SSSR count). The van der Waals surface area contributed by atoms with Gasteiger partial charge in [0.1, 0.15) is 0 Å². The number of amides is 1. The van der Waals surface area contributed by atoms with E-state index in [4.69, 9.17) is 9.47 Å². The van der Waals surface area contributed by atoms with Crippen molar-refractivity contribution in [1.82, 2.24) is 9.80 Å². The summed E-state index contributed by atoms with van der Waals surface area (Å²) in [6.45, 7) is 5.85. The lowest BCUT2D eigenvalue weighted by molar-refractivity contribution is -0.119. The van der Waals surface area contributed by atoms with Crippen molar-refractivity contribution in [2.24, 2.45) is 0 Å². The van der Waals surface area contributed by atoms with E-state index in [0.29, 0.717) is 19.9 Å². The minimum atomic E-state index is 0.248. The second kappa shape index (κ2) is 8.05. The quantitative estimate of drug-likeness (QED) is 0.799. The summed E-state index contributed by atoms with van der Waals surface area (Å²) >= 11 is 0. The summed E-state index contributed by atoms with van der Waals surface area (Å²) in [5, 5.41) is 0. The van der Waals surface area contributed by atoms with Crippen LogP contribution in [0.15, 0.2) is 42.5 Å². The Bertz CT molecular complexity index is 893. The van der Waals surface area contributed by atoms with E-state index >= 15 is 0 Å². The van der Waals surface area contributed by atoms with Gasteiger partial charge >= 0.3 is 0 Å². The van der Waals surface area contributed by atoms with Crippen molar-refractivity contribution in [3.05, 3.63) is 53.6 Å². The largest absolute Gasteiger partial charge is 0.454 e. The molecule has 6 heteroatoms. The summed E-state index contributed by atoms with van der Waals surface area (Å²) in [7, 11) is 0. The summed E-state index contributed by atoms with van der Waals surface area (Å²) in [5.41, 5.74) is 3.64. The maximum Gasteiger partial charge on any atom is 0.231 e. The van der Waals surface area contributed by atoms with E-state index in [9.17, 15) is 4.79 Å². The standard InChI is InChI=1S/C23H27N3O3/c27-23-7-3-5-19-4-1-2-6-20(19)26(23)16-25-12-10-24(11-13-25)15-18-8-9-21-22(14-18)29-17-28-21/h1-2,4,6,8-9,14H,3,5,7,10-13,15-17H2. The number of aryl methyl sites for hydroxylation is 1. The smallest absolute Gasteiger partial charge is 0.231 e. The third-order valence-corrected chi connectivity index (χ3v) is 6.07. The van der Waals surface area contributed by atoms with Crippen molar-refractivity contribution in [2.45, 2.75) is 25.8 Å². The second-order valence-electron chi connectivity index (χ2n) is 8.03. The highest BCUT2D eigenvalue weighted by atomic mass is 16.7. The van der Waals surface area contributed by atoms with Crippen LogP contribution in [0.3, 0.4) is 0 Å². The summed E-state index contributed by atoms with van der Waals surface area (Å²) in [6.07, 6.45) is 2.57. The maximum absolute atomic E-state index is 12.7. The number of para-hydroxylation sites is 1. The molecule has 0 aromatic heterocycles. The number of piperazine rings is 1. The zero-order chi connectivity index (χ0) is 19.6. The van der Waals surface area contributed by atoms with Crippen molar-refractivity contribution in [2.75, 3.05) is 44.5 Å². The molecular formula is C23H27N3O3. The van der Waals surface area contributed by atoms with Crippen LogP contribution in [0.5, 0.6) is 11.5 Å².